The number of aromatic nitrogens is 1. The van der Waals surface area contributed by atoms with E-state index in [1.165, 1.54) is 0 Å². The first-order valence-electron chi connectivity index (χ1n) is 9.62. The van der Waals surface area contributed by atoms with Crippen molar-refractivity contribution in [2.75, 3.05) is 27.2 Å². The van der Waals surface area contributed by atoms with Crippen LogP contribution in [0.15, 0.2) is 59.1 Å². The van der Waals surface area contributed by atoms with Gasteiger partial charge in [-0.15, -0.1) is 0 Å². The van der Waals surface area contributed by atoms with Gasteiger partial charge in [-0.1, -0.05) is 29.3 Å². The summed E-state index contributed by atoms with van der Waals surface area (Å²) in [4.78, 5) is 8.86. The van der Waals surface area contributed by atoms with Crippen LogP contribution in [0.4, 0.5) is 0 Å². The molecule has 0 aliphatic carbocycles. The maximum atomic E-state index is 6.30. The molecule has 0 radical (unpaired) electrons. The SMILES string of the molecule is CN(C)CCN1C(=S)NC(c2ccccn2)C1c1ccc(-c2ccc(Cl)c(Cl)c2)o1. The molecule has 30 heavy (non-hydrogen) atoms. The van der Waals surface area contributed by atoms with E-state index in [1.807, 2.05) is 56.6 Å². The molecule has 3 heterocycles. The minimum Gasteiger partial charge on any atom is -0.459 e. The molecule has 5 nitrogen and oxygen atoms in total. The fraction of sp³-hybridized carbons (Fsp3) is 0.273. The van der Waals surface area contributed by atoms with Crippen LogP contribution in [-0.2, 0) is 0 Å². The van der Waals surface area contributed by atoms with Gasteiger partial charge < -0.3 is 19.5 Å². The number of nitrogens with one attached hydrogen (secondary N) is 1. The Bertz CT molecular complexity index is 1040. The Morgan fingerprint density at radius 3 is 2.67 bits per heavy atom. The van der Waals surface area contributed by atoms with E-state index in [0.29, 0.717) is 15.2 Å². The van der Waals surface area contributed by atoms with Crippen LogP contribution in [0, 0.1) is 0 Å². The van der Waals surface area contributed by atoms with Crippen molar-refractivity contribution in [3.63, 3.8) is 0 Å². The van der Waals surface area contributed by atoms with Crippen molar-refractivity contribution in [1.82, 2.24) is 20.1 Å². The summed E-state index contributed by atoms with van der Waals surface area (Å²) in [6.07, 6.45) is 1.79. The van der Waals surface area contributed by atoms with Crippen molar-refractivity contribution in [2.45, 2.75) is 12.1 Å². The lowest BCUT2D eigenvalue weighted by atomic mass is 10.0. The van der Waals surface area contributed by atoms with Crippen LogP contribution in [0.2, 0.25) is 10.0 Å². The molecular formula is C22H22Cl2N4OS. The lowest BCUT2D eigenvalue weighted by Crippen LogP contribution is -2.35. The quantitative estimate of drug-likeness (QED) is 0.511. The van der Waals surface area contributed by atoms with Crippen LogP contribution in [-0.4, -0.2) is 47.1 Å². The van der Waals surface area contributed by atoms with E-state index in [1.54, 1.807) is 12.3 Å². The highest BCUT2D eigenvalue weighted by Crippen LogP contribution is 2.40. The number of rotatable bonds is 6. The predicted octanol–water partition coefficient (Wildman–Crippen LogP) is 5.18. The zero-order valence-electron chi connectivity index (χ0n) is 16.7. The smallest absolute Gasteiger partial charge is 0.170 e. The number of halogens is 2. The van der Waals surface area contributed by atoms with E-state index in [9.17, 15) is 0 Å². The highest BCUT2D eigenvalue weighted by molar-refractivity contribution is 7.80. The second-order valence-corrected chi connectivity index (χ2v) is 8.66. The monoisotopic (exact) mass is 460 g/mol. The summed E-state index contributed by atoms with van der Waals surface area (Å²) < 4.78 is 6.30. The average molecular weight is 461 g/mol. The number of benzene rings is 1. The van der Waals surface area contributed by atoms with Gasteiger partial charge in [0.2, 0.25) is 0 Å². The summed E-state index contributed by atoms with van der Waals surface area (Å²) in [6, 6.07) is 15.1. The van der Waals surface area contributed by atoms with Gasteiger partial charge in [0, 0.05) is 24.8 Å². The maximum Gasteiger partial charge on any atom is 0.170 e. The lowest BCUT2D eigenvalue weighted by Gasteiger charge is -2.27. The van der Waals surface area contributed by atoms with Crippen molar-refractivity contribution in [3.05, 3.63) is 76.2 Å². The summed E-state index contributed by atoms with van der Waals surface area (Å²) in [5, 5.41) is 5.15. The second-order valence-electron chi connectivity index (χ2n) is 7.45. The summed E-state index contributed by atoms with van der Waals surface area (Å²) in [6.45, 7) is 1.64. The highest BCUT2D eigenvalue weighted by Gasteiger charge is 2.41. The third kappa shape index (κ3) is 4.32. The zero-order chi connectivity index (χ0) is 21.3. The van der Waals surface area contributed by atoms with Crippen molar-refractivity contribution in [2.24, 2.45) is 0 Å². The third-order valence-corrected chi connectivity index (χ3v) is 6.20. The average Bonchev–Trinajstić information content (AvgIpc) is 3.33. The Labute approximate surface area is 191 Å². The van der Waals surface area contributed by atoms with E-state index in [4.69, 9.17) is 39.8 Å². The molecule has 8 heteroatoms. The molecule has 0 spiro atoms. The van der Waals surface area contributed by atoms with Gasteiger partial charge >= 0.3 is 0 Å². The Morgan fingerprint density at radius 1 is 1.13 bits per heavy atom. The second kappa shape index (κ2) is 8.94. The summed E-state index contributed by atoms with van der Waals surface area (Å²) >= 11 is 17.9. The maximum absolute atomic E-state index is 6.30. The van der Waals surface area contributed by atoms with Crippen LogP contribution >= 0.6 is 35.4 Å². The molecule has 156 valence electrons. The van der Waals surface area contributed by atoms with Gasteiger partial charge in [0.05, 0.1) is 21.8 Å². The van der Waals surface area contributed by atoms with Gasteiger partial charge in [-0.3, -0.25) is 4.98 Å². The zero-order valence-corrected chi connectivity index (χ0v) is 19.0. The van der Waals surface area contributed by atoms with Crippen molar-refractivity contribution >= 4 is 40.5 Å². The standard InChI is InChI=1S/C22H22Cl2N4OS/c1-27(2)11-12-28-21(20(26-22(28)30)17-5-3-4-10-25-17)19-9-8-18(29-19)14-6-7-15(23)16(24)13-14/h3-10,13,20-21H,11-12H2,1-2H3,(H,26,30). The van der Waals surface area contributed by atoms with Crippen molar-refractivity contribution < 1.29 is 4.42 Å². The first-order chi connectivity index (χ1) is 14.4. The first-order valence-corrected chi connectivity index (χ1v) is 10.8. The normalized spacial score (nSPS) is 18.8. The number of hydrogen-bond donors (Lipinski definition) is 1. The molecule has 0 bridgehead atoms. The Kier molecular flexibility index (Phi) is 6.29. The van der Waals surface area contributed by atoms with Gasteiger partial charge in [-0.25, -0.2) is 0 Å². The molecule has 3 aromatic rings. The fourth-order valence-corrected chi connectivity index (χ4v) is 4.21. The van der Waals surface area contributed by atoms with E-state index in [0.717, 1.165) is 35.9 Å². The van der Waals surface area contributed by atoms with Crippen LogP contribution in [0.3, 0.4) is 0 Å². The van der Waals surface area contributed by atoms with Crippen molar-refractivity contribution in [1.29, 1.82) is 0 Å². The van der Waals surface area contributed by atoms with Crippen molar-refractivity contribution in [3.8, 4) is 11.3 Å². The summed E-state index contributed by atoms with van der Waals surface area (Å²) in [5.74, 6) is 1.55. The molecule has 1 fully saturated rings. The minimum atomic E-state index is -0.108. The van der Waals surface area contributed by atoms with E-state index >= 15 is 0 Å². The highest BCUT2D eigenvalue weighted by atomic mass is 35.5. The van der Waals surface area contributed by atoms with Gasteiger partial charge in [-0.05, 0) is 68.8 Å². The molecule has 1 aromatic carbocycles. The molecular weight excluding hydrogens is 439 g/mol. The van der Waals surface area contributed by atoms with Crippen LogP contribution in [0.1, 0.15) is 23.5 Å². The summed E-state index contributed by atoms with van der Waals surface area (Å²) in [7, 11) is 4.10. The topological polar surface area (TPSA) is 44.5 Å². The number of furan rings is 1. The minimum absolute atomic E-state index is 0.103. The molecule has 1 N–H and O–H groups in total. The lowest BCUT2D eigenvalue weighted by molar-refractivity contribution is 0.250. The van der Waals surface area contributed by atoms with Gasteiger partial charge in [0.1, 0.15) is 17.6 Å². The Hall–Kier alpha value is -2.12. The summed E-state index contributed by atoms with van der Waals surface area (Å²) in [5.41, 5.74) is 1.79. The third-order valence-electron chi connectivity index (χ3n) is 5.11. The van der Waals surface area contributed by atoms with Crippen LogP contribution in [0.5, 0.6) is 0 Å². The number of thiocarbonyl (C=S) groups is 1. The molecule has 1 aliphatic heterocycles. The predicted molar refractivity (Wildman–Crippen MR) is 125 cm³/mol. The molecule has 2 aromatic heterocycles. The fourth-order valence-electron chi connectivity index (χ4n) is 3.58. The molecule has 0 amide bonds. The molecule has 0 saturated carbocycles. The Morgan fingerprint density at radius 2 is 1.97 bits per heavy atom. The molecule has 1 saturated heterocycles. The van der Waals surface area contributed by atoms with Crippen LogP contribution < -0.4 is 5.32 Å². The van der Waals surface area contributed by atoms with E-state index in [2.05, 4.69) is 20.1 Å². The Balaban J connectivity index is 1.70. The number of pyridine rings is 1. The van der Waals surface area contributed by atoms with Gasteiger partial charge in [-0.2, -0.15) is 0 Å². The first kappa shape index (κ1) is 21.1. The van der Waals surface area contributed by atoms with E-state index in [-0.39, 0.29) is 12.1 Å². The van der Waals surface area contributed by atoms with Gasteiger partial charge in [0.25, 0.3) is 0 Å². The number of likely N-dealkylation sites (N-methyl/N-ethyl adjacent to an activating group) is 1. The van der Waals surface area contributed by atoms with E-state index < -0.39 is 0 Å². The number of nitrogens with zero attached hydrogens (tertiary/aromatic N) is 3. The molecule has 1 aliphatic rings. The largest absolute Gasteiger partial charge is 0.459 e. The van der Waals surface area contributed by atoms with Gasteiger partial charge in [0.15, 0.2) is 5.11 Å². The molecule has 4 rings (SSSR count). The van der Waals surface area contributed by atoms with Crippen LogP contribution in [0.25, 0.3) is 11.3 Å². The molecule has 2 atom stereocenters. The number of hydrogen-bond acceptors (Lipinski definition) is 4. The molecule has 2 unspecified atom stereocenters.